The number of sulfonamides is 1. The molecule has 1 aromatic carbocycles. The molecule has 23 heavy (non-hydrogen) atoms. The third-order valence-electron chi connectivity index (χ3n) is 3.28. The largest absolute Gasteiger partial charge is 0.480 e. The summed E-state index contributed by atoms with van der Waals surface area (Å²) in [4.78, 5) is 22.5. The maximum Gasteiger partial charge on any atom is 0.337 e. The fraction of sp³-hybridized carbons (Fsp3) is 0.429. The molecule has 0 saturated carbocycles. The Morgan fingerprint density at radius 1 is 1.26 bits per heavy atom. The lowest BCUT2D eigenvalue weighted by atomic mass is 10.1. The molecule has 0 aliphatic heterocycles. The minimum absolute atomic E-state index is 0.0389. The number of benzene rings is 1. The molecule has 0 saturated heterocycles. The van der Waals surface area contributed by atoms with Crippen LogP contribution in [0.3, 0.4) is 0 Å². The Kier molecular flexibility index (Phi) is 6.25. The van der Waals surface area contributed by atoms with Gasteiger partial charge in [-0.25, -0.2) is 13.2 Å². The van der Waals surface area contributed by atoms with Crippen LogP contribution in [0.1, 0.15) is 22.8 Å². The predicted octanol–water partition coefficient (Wildman–Crippen LogP) is 0.713. The number of carboxylic acid groups (broad SMARTS) is 1. The molecule has 0 aliphatic carbocycles. The second kappa shape index (κ2) is 7.53. The first-order chi connectivity index (χ1) is 10.6. The van der Waals surface area contributed by atoms with Gasteiger partial charge in [-0.2, -0.15) is 4.31 Å². The molecule has 0 fully saturated rings. The van der Waals surface area contributed by atoms with Gasteiger partial charge in [0.2, 0.25) is 10.0 Å². The number of carbonyl (C=O) groups excluding carboxylic acids is 1. The molecule has 1 atom stereocenters. The molecule has 0 aliphatic rings. The topological polar surface area (TPSA) is 110 Å². The van der Waals surface area contributed by atoms with Gasteiger partial charge in [0, 0.05) is 14.2 Å². The van der Waals surface area contributed by atoms with Gasteiger partial charge in [-0.05, 0) is 30.7 Å². The van der Waals surface area contributed by atoms with Gasteiger partial charge in [-0.1, -0.05) is 0 Å². The van der Waals surface area contributed by atoms with E-state index in [0.717, 1.165) is 17.4 Å². The van der Waals surface area contributed by atoms with E-state index in [2.05, 4.69) is 4.74 Å². The van der Waals surface area contributed by atoms with E-state index in [0.29, 0.717) is 5.56 Å². The van der Waals surface area contributed by atoms with Gasteiger partial charge < -0.3 is 14.6 Å². The van der Waals surface area contributed by atoms with E-state index in [9.17, 15) is 18.0 Å². The monoisotopic (exact) mass is 345 g/mol. The van der Waals surface area contributed by atoms with Gasteiger partial charge in [0.15, 0.2) is 0 Å². The van der Waals surface area contributed by atoms with E-state index in [1.807, 2.05) is 0 Å². The second-order valence-electron chi connectivity index (χ2n) is 4.83. The number of aliphatic carboxylic acids is 1. The minimum atomic E-state index is -4.10. The van der Waals surface area contributed by atoms with Crippen molar-refractivity contribution < 1.29 is 32.6 Å². The van der Waals surface area contributed by atoms with Crippen molar-refractivity contribution in [2.75, 3.05) is 21.3 Å². The number of esters is 1. The summed E-state index contributed by atoms with van der Waals surface area (Å²) in [6.07, 6.45) is 0. The van der Waals surface area contributed by atoms with Crippen molar-refractivity contribution >= 4 is 22.0 Å². The molecule has 1 aromatic rings. The van der Waals surface area contributed by atoms with Gasteiger partial charge in [-0.15, -0.1) is 0 Å². The molecule has 0 heterocycles. The summed E-state index contributed by atoms with van der Waals surface area (Å²) < 4.78 is 35.4. The number of carbonyl (C=O) groups is 2. The molecule has 0 amide bonds. The average Bonchev–Trinajstić information content (AvgIpc) is 2.52. The maximum absolute atomic E-state index is 12.6. The van der Waals surface area contributed by atoms with E-state index in [-0.39, 0.29) is 17.1 Å². The SMILES string of the molecule is COCc1cc(C(=O)OC)cc(S(=O)(=O)N(C)C(C)C(=O)O)c1. The summed E-state index contributed by atoms with van der Waals surface area (Å²) in [5.41, 5.74) is 0.488. The standard InChI is InChI=1S/C14H19NO7S/c1-9(13(16)17)15(2)23(19,20)12-6-10(8-21-3)5-11(7-12)14(18)22-4/h5-7,9H,8H2,1-4H3,(H,16,17). The minimum Gasteiger partial charge on any atom is -0.480 e. The predicted molar refractivity (Wildman–Crippen MR) is 80.5 cm³/mol. The van der Waals surface area contributed by atoms with Crippen molar-refractivity contribution in [1.29, 1.82) is 0 Å². The van der Waals surface area contributed by atoms with Crippen LogP contribution >= 0.6 is 0 Å². The summed E-state index contributed by atoms with van der Waals surface area (Å²) in [5, 5.41) is 8.98. The van der Waals surface area contributed by atoms with Crippen molar-refractivity contribution in [3.63, 3.8) is 0 Å². The first kappa shape index (κ1) is 19.1. The molecule has 1 unspecified atom stereocenters. The maximum atomic E-state index is 12.6. The van der Waals surface area contributed by atoms with Crippen LogP contribution < -0.4 is 0 Å². The molecule has 1 N–H and O–H groups in total. The molecule has 9 heteroatoms. The Hall–Kier alpha value is -1.97. The van der Waals surface area contributed by atoms with Gasteiger partial charge in [0.25, 0.3) is 0 Å². The first-order valence-corrected chi connectivity index (χ1v) is 8.01. The average molecular weight is 345 g/mol. The van der Waals surface area contributed by atoms with Gasteiger partial charge >= 0.3 is 11.9 Å². The number of methoxy groups -OCH3 is 2. The van der Waals surface area contributed by atoms with Crippen LogP contribution in [-0.4, -0.2) is 57.1 Å². The lowest BCUT2D eigenvalue weighted by Gasteiger charge is -2.21. The third kappa shape index (κ3) is 4.27. The molecule has 128 valence electrons. The van der Waals surface area contributed by atoms with Crippen LogP contribution in [0.25, 0.3) is 0 Å². The zero-order chi connectivity index (χ0) is 17.8. The number of hydrogen-bond donors (Lipinski definition) is 1. The van der Waals surface area contributed by atoms with E-state index >= 15 is 0 Å². The summed E-state index contributed by atoms with van der Waals surface area (Å²) in [6, 6.07) is 2.67. The lowest BCUT2D eigenvalue weighted by molar-refractivity contribution is -0.140. The van der Waals surface area contributed by atoms with Crippen LogP contribution in [0, 0.1) is 0 Å². The van der Waals surface area contributed by atoms with Gasteiger partial charge in [-0.3, -0.25) is 4.79 Å². The Balaban J connectivity index is 3.42. The quantitative estimate of drug-likeness (QED) is 0.725. The number of rotatable bonds is 7. The van der Waals surface area contributed by atoms with E-state index in [1.54, 1.807) is 0 Å². The number of ether oxygens (including phenoxy) is 2. The number of likely N-dealkylation sites (N-methyl/N-ethyl adjacent to an activating group) is 1. The Bertz CT molecular complexity index is 699. The third-order valence-corrected chi connectivity index (χ3v) is 5.18. The summed E-state index contributed by atoms with van der Waals surface area (Å²) in [5.74, 6) is -1.98. The fourth-order valence-electron chi connectivity index (χ4n) is 1.83. The Morgan fingerprint density at radius 3 is 2.35 bits per heavy atom. The highest BCUT2D eigenvalue weighted by molar-refractivity contribution is 7.89. The van der Waals surface area contributed by atoms with Crippen molar-refractivity contribution in [3.05, 3.63) is 29.3 Å². The van der Waals surface area contributed by atoms with E-state index < -0.39 is 28.0 Å². The zero-order valence-corrected chi connectivity index (χ0v) is 14.1. The highest BCUT2D eigenvalue weighted by Gasteiger charge is 2.30. The van der Waals surface area contributed by atoms with E-state index in [1.165, 1.54) is 33.3 Å². The van der Waals surface area contributed by atoms with Crippen LogP contribution in [-0.2, 0) is 30.9 Å². The highest BCUT2D eigenvalue weighted by Crippen LogP contribution is 2.21. The van der Waals surface area contributed by atoms with E-state index in [4.69, 9.17) is 9.84 Å². The second-order valence-corrected chi connectivity index (χ2v) is 6.82. The van der Waals surface area contributed by atoms with Crippen LogP contribution in [0.2, 0.25) is 0 Å². The fourth-order valence-corrected chi connectivity index (χ4v) is 3.24. The van der Waals surface area contributed by atoms with Crippen molar-refractivity contribution in [1.82, 2.24) is 4.31 Å². The molecular formula is C14H19NO7S. The number of nitrogens with zero attached hydrogens (tertiary/aromatic N) is 1. The molecule has 0 spiro atoms. The van der Waals surface area contributed by atoms with Crippen LogP contribution in [0.5, 0.6) is 0 Å². The normalized spacial score (nSPS) is 12.9. The van der Waals surface area contributed by atoms with Crippen molar-refractivity contribution in [2.24, 2.45) is 0 Å². The number of carboxylic acids is 1. The summed E-state index contributed by atoms with van der Waals surface area (Å²) >= 11 is 0. The lowest BCUT2D eigenvalue weighted by Crippen LogP contribution is -2.40. The zero-order valence-electron chi connectivity index (χ0n) is 13.3. The molecule has 1 rings (SSSR count). The summed E-state index contributed by atoms with van der Waals surface area (Å²) in [6.45, 7) is 1.34. The number of hydrogen-bond acceptors (Lipinski definition) is 6. The van der Waals surface area contributed by atoms with Crippen LogP contribution in [0.4, 0.5) is 0 Å². The van der Waals surface area contributed by atoms with Crippen LogP contribution in [0.15, 0.2) is 23.1 Å². The van der Waals surface area contributed by atoms with Gasteiger partial charge in [0.1, 0.15) is 6.04 Å². The molecule has 0 radical (unpaired) electrons. The van der Waals surface area contributed by atoms with Crippen molar-refractivity contribution in [2.45, 2.75) is 24.5 Å². The molecular weight excluding hydrogens is 326 g/mol. The Labute approximate surface area is 134 Å². The molecule has 0 bridgehead atoms. The summed E-state index contributed by atoms with van der Waals surface area (Å²) in [7, 11) is -0.331. The Morgan fingerprint density at radius 2 is 1.87 bits per heavy atom. The smallest absolute Gasteiger partial charge is 0.337 e. The highest BCUT2D eigenvalue weighted by atomic mass is 32.2. The first-order valence-electron chi connectivity index (χ1n) is 6.57. The van der Waals surface area contributed by atoms with Crippen molar-refractivity contribution in [3.8, 4) is 0 Å². The molecule has 0 aromatic heterocycles. The van der Waals surface area contributed by atoms with Gasteiger partial charge in [0.05, 0.1) is 24.2 Å². The molecule has 8 nitrogen and oxygen atoms in total.